The van der Waals surface area contributed by atoms with E-state index in [0.717, 1.165) is 6.42 Å². The van der Waals surface area contributed by atoms with Gasteiger partial charge >= 0.3 is 0 Å². The number of hydrogen-bond acceptors (Lipinski definition) is 0. The molecule has 0 nitrogen and oxygen atoms in total. The van der Waals surface area contributed by atoms with Crippen LogP contribution < -0.4 is 0 Å². The van der Waals surface area contributed by atoms with E-state index in [1.807, 2.05) is 0 Å². The molecule has 0 radical (unpaired) electrons. The van der Waals surface area contributed by atoms with Crippen molar-refractivity contribution < 1.29 is 0 Å². The average molecular weight is 767 g/mol. The Labute approximate surface area is 352 Å². The Morgan fingerprint density at radius 2 is 0.800 bits per heavy atom. The lowest BCUT2D eigenvalue weighted by Crippen LogP contribution is -2.11. The first kappa shape index (κ1) is 36.1. The van der Waals surface area contributed by atoms with Gasteiger partial charge in [-0.05, 0) is 140 Å². The van der Waals surface area contributed by atoms with E-state index >= 15 is 0 Å². The van der Waals surface area contributed by atoms with E-state index in [2.05, 4.69) is 227 Å². The summed E-state index contributed by atoms with van der Waals surface area (Å²) in [5, 5.41) is 12.9. The summed E-state index contributed by atoms with van der Waals surface area (Å²) in [5.74, 6) is 0.328. The summed E-state index contributed by atoms with van der Waals surface area (Å²) >= 11 is 0. The molecular weight excluding hydrogens is 721 g/mol. The van der Waals surface area contributed by atoms with Gasteiger partial charge in [-0.3, -0.25) is 0 Å². The fourth-order valence-electron chi connectivity index (χ4n) is 10.0. The van der Waals surface area contributed by atoms with E-state index in [-0.39, 0.29) is 5.41 Å². The third kappa shape index (κ3) is 6.06. The van der Waals surface area contributed by atoms with Crippen LogP contribution in [0.3, 0.4) is 0 Å². The third-order valence-corrected chi connectivity index (χ3v) is 12.9. The topological polar surface area (TPSA) is 0 Å². The standard InChI is InChI=1S/C60H46/c1-60(2,3)47-33-30-41(31-34-47)56-48-20-10-13-23-51(48)58(52-24-14-11-21-49(52)56)45-28-26-43-37-46(29-27-42(43)36-45)59-53-25-15-12-22-50(53)57(40-18-8-5-9-19-40)55-38-44(32-35-54(55)59)39-16-6-4-7-17-39/h4-30,32-38,41H,31H2,1-3H3. The molecule has 1 aliphatic rings. The zero-order chi connectivity index (χ0) is 40.4. The van der Waals surface area contributed by atoms with Gasteiger partial charge in [0.1, 0.15) is 0 Å². The molecule has 0 N–H and O–H groups in total. The van der Waals surface area contributed by atoms with Crippen LogP contribution in [0, 0.1) is 5.41 Å². The van der Waals surface area contributed by atoms with E-state index in [1.54, 1.807) is 0 Å². The molecule has 0 spiro atoms. The van der Waals surface area contributed by atoms with Crippen LogP contribution in [0.2, 0.25) is 0 Å². The fourth-order valence-corrected chi connectivity index (χ4v) is 10.0. The Bertz CT molecular complexity index is 3300. The molecule has 60 heavy (non-hydrogen) atoms. The molecule has 1 atom stereocenters. The van der Waals surface area contributed by atoms with Crippen LogP contribution in [0.5, 0.6) is 0 Å². The van der Waals surface area contributed by atoms with Crippen LogP contribution >= 0.6 is 0 Å². The highest BCUT2D eigenvalue weighted by atomic mass is 14.3. The Hall–Kier alpha value is -7.02. The van der Waals surface area contributed by atoms with E-state index in [9.17, 15) is 0 Å². The predicted molar refractivity (Wildman–Crippen MR) is 260 cm³/mol. The van der Waals surface area contributed by atoms with Crippen LogP contribution in [0.1, 0.15) is 38.7 Å². The largest absolute Gasteiger partial charge is 0.0799 e. The molecule has 286 valence electrons. The number of allylic oxidation sites excluding steroid dienone is 4. The maximum atomic E-state index is 2.46. The van der Waals surface area contributed by atoms with Crippen LogP contribution in [-0.2, 0) is 0 Å². The quantitative estimate of drug-likeness (QED) is 0.153. The summed E-state index contributed by atoms with van der Waals surface area (Å²) < 4.78 is 0. The van der Waals surface area contributed by atoms with Gasteiger partial charge < -0.3 is 0 Å². The van der Waals surface area contributed by atoms with Crippen molar-refractivity contribution in [1.29, 1.82) is 0 Å². The fraction of sp³-hybridized carbons (Fsp3) is 0.100. The van der Waals surface area contributed by atoms with Crippen LogP contribution in [0.4, 0.5) is 0 Å². The molecule has 10 aromatic carbocycles. The Balaban J connectivity index is 1.08. The molecule has 1 aliphatic carbocycles. The lowest BCUT2D eigenvalue weighted by Gasteiger charge is -2.27. The normalized spacial score (nSPS) is 14.4. The number of fused-ring (bicyclic) bond motifs is 5. The number of benzene rings is 10. The van der Waals surface area contributed by atoms with Crippen molar-refractivity contribution in [3.63, 3.8) is 0 Å². The maximum absolute atomic E-state index is 2.46. The summed E-state index contributed by atoms with van der Waals surface area (Å²) in [6.07, 6.45) is 8.30. The minimum Gasteiger partial charge on any atom is -0.0799 e. The van der Waals surface area contributed by atoms with E-state index in [0.29, 0.717) is 5.92 Å². The van der Waals surface area contributed by atoms with Gasteiger partial charge in [-0.15, -0.1) is 0 Å². The van der Waals surface area contributed by atoms with Crippen LogP contribution in [0.25, 0.3) is 98.4 Å². The molecule has 0 heteroatoms. The minimum atomic E-state index is 0.146. The van der Waals surface area contributed by atoms with Gasteiger partial charge in [-0.25, -0.2) is 0 Å². The molecule has 0 bridgehead atoms. The zero-order valence-electron chi connectivity index (χ0n) is 34.4. The van der Waals surface area contributed by atoms with Crippen molar-refractivity contribution in [2.24, 2.45) is 5.41 Å². The Morgan fingerprint density at radius 3 is 1.30 bits per heavy atom. The van der Waals surface area contributed by atoms with Crippen molar-refractivity contribution >= 4 is 53.9 Å². The average Bonchev–Trinajstić information content (AvgIpc) is 3.29. The first-order valence-electron chi connectivity index (χ1n) is 21.4. The lowest BCUT2D eigenvalue weighted by molar-refractivity contribution is 0.510. The SMILES string of the molecule is CC(C)(C)C1=CCC(c2c3ccccc3c(-c3ccc4cc(-c5c6ccccc6c(-c6ccccc6)c6cc(-c7ccccc7)ccc56)ccc4c3)c3ccccc23)C=C1. The first-order valence-corrected chi connectivity index (χ1v) is 21.4. The second kappa shape index (κ2) is 14.4. The zero-order valence-corrected chi connectivity index (χ0v) is 34.4. The lowest BCUT2D eigenvalue weighted by atomic mass is 9.77. The monoisotopic (exact) mass is 766 g/mol. The van der Waals surface area contributed by atoms with Gasteiger partial charge in [-0.2, -0.15) is 0 Å². The van der Waals surface area contributed by atoms with Crippen molar-refractivity contribution in [1.82, 2.24) is 0 Å². The summed E-state index contributed by atoms with van der Waals surface area (Å²) in [4.78, 5) is 0. The summed E-state index contributed by atoms with van der Waals surface area (Å²) in [6, 6.07) is 70.0. The number of rotatable bonds is 5. The molecule has 1 unspecified atom stereocenters. The highest BCUT2D eigenvalue weighted by molar-refractivity contribution is 6.22. The summed E-state index contributed by atoms with van der Waals surface area (Å²) in [5.41, 5.74) is 13.0. The smallest absolute Gasteiger partial charge is 0.00682 e. The van der Waals surface area contributed by atoms with Crippen LogP contribution in [0.15, 0.2) is 212 Å². The van der Waals surface area contributed by atoms with Crippen molar-refractivity contribution in [2.45, 2.75) is 33.1 Å². The molecule has 0 amide bonds. The predicted octanol–water partition coefficient (Wildman–Crippen LogP) is 17.1. The van der Waals surface area contributed by atoms with Crippen molar-refractivity contribution in [3.05, 3.63) is 217 Å². The van der Waals surface area contributed by atoms with Crippen molar-refractivity contribution in [2.75, 3.05) is 0 Å². The third-order valence-electron chi connectivity index (χ3n) is 12.9. The van der Waals surface area contributed by atoms with E-state index < -0.39 is 0 Å². The summed E-state index contributed by atoms with van der Waals surface area (Å²) in [7, 11) is 0. The van der Waals surface area contributed by atoms with Crippen molar-refractivity contribution in [3.8, 4) is 44.5 Å². The van der Waals surface area contributed by atoms with E-state index in [4.69, 9.17) is 0 Å². The second-order valence-electron chi connectivity index (χ2n) is 17.6. The molecule has 0 heterocycles. The number of hydrogen-bond donors (Lipinski definition) is 0. The Kier molecular flexibility index (Phi) is 8.64. The molecule has 0 saturated carbocycles. The second-order valence-corrected chi connectivity index (χ2v) is 17.6. The van der Waals surface area contributed by atoms with Crippen LogP contribution in [-0.4, -0.2) is 0 Å². The van der Waals surface area contributed by atoms with Gasteiger partial charge in [-0.1, -0.05) is 209 Å². The Morgan fingerprint density at radius 1 is 0.367 bits per heavy atom. The molecule has 0 aliphatic heterocycles. The molecule has 0 saturated heterocycles. The maximum Gasteiger partial charge on any atom is 0.00682 e. The molecular formula is C60H46. The highest BCUT2D eigenvalue weighted by Crippen LogP contribution is 2.48. The minimum absolute atomic E-state index is 0.146. The summed E-state index contributed by atoms with van der Waals surface area (Å²) in [6.45, 7) is 6.92. The van der Waals surface area contributed by atoms with Gasteiger partial charge in [0, 0.05) is 5.92 Å². The molecule has 11 rings (SSSR count). The molecule has 0 fully saturated rings. The van der Waals surface area contributed by atoms with Gasteiger partial charge in [0.05, 0.1) is 0 Å². The van der Waals surface area contributed by atoms with E-state index in [1.165, 1.54) is 110 Å². The first-order chi connectivity index (χ1) is 29.4. The molecule has 0 aromatic heterocycles. The highest BCUT2D eigenvalue weighted by Gasteiger charge is 2.24. The van der Waals surface area contributed by atoms with Gasteiger partial charge in [0.2, 0.25) is 0 Å². The van der Waals surface area contributed by atoms with Gasteiger partial charge in [0.15, 0.2) is 0 Å². The van der Waals surface area contributed by atoms with Gasteiger partial charge in [0.25, 0.3) is 0 Å². The molecule has 10 aromatic rings.